The number of hydrazine groups is 1. The Bertz CT molecular complexity index is 840. The lowest BCUT2D eigenvalue weighted by Crippen LogP contribution is -2.54. The number of carbonyl (C=O) groups excluding carboxylic acids is 2. The molecule has 9 nitrogen and oxygen atoms in total. The van der Waals surface area contributed by atoms with Crippen molar-refractivity contribution in [3.8, 4) is 0 Å². The van der Waals surface area contributed by atoms with Gasteiger partial charge in [-0.2, -0.15) is 0 Å². The molecule has 2 aromatic rings. The molecule has 150 valence electrons. The fourth-order valence-electron chi connectivity index (χ4n) is 3.68. The van der Waals surface area contributed by atoms with Crippen LogP contribution in [0.5, 0.6) is 0 Å². The Hall–Kier alpha value is -2.81. The lowest BCUT2D eigenvalue weighted by Gasteiger charge is -2.41. The van der Waals surface area contributed by atoms with Gasteiger partial charge >= 0.3 is 0 Å². The normalized spacial score (nSPS) is 19.5. The number of amides is 2. The van der Waals surface area contributed by atoms with E-state index in [9.17, 15) is 14.8 Å². The second kappa shape index (κ2) is 8.92. The maximum atomic E-state index is 12.6. The Morgan fingerprint density at radius 1 is 1.36 bits per heavy atom. The van der Waals surface area contributed by atoms with Crippen LogP contribution in [0.1, 0.15) is 44.6 Å². The molecule has 1 saturated carbocycles. The fourth-order valence-corrected chi connectivity index (χ4v) is 3.68. The van der Waals surface area contributed by atoms with Crippen LogP contribution in [0, 0.1) is 18.8 Å². The minimum Gasteiger partial charge on any atom is -0.285 e. The maximum Gasteiger partial charge on any atom is 0.264 e. The molecule has 1 aliphatic rings. The monoisotopic (exact) mass is 386 g/mol. The number of unbranched alkanes of at least 4 members (excludes halogenated alkanes) is 1. The van der Waals surface area contributed by atoms with Crippen LogP contribution in [0.4, 0.5) is 5.95 Å². The number of benzene rings is 1. The lowest BCUT2D eigenvalue weighted by atomic mass is 9.69. The van der Waals surface area contributed by atoms with E-state index in [0.29, 0.717) is 22.0 Å². The molecule has 0 bridgehead atoms. The van der Waals surface area contributed by atoms with Gasteiger partial charge in [-0.25, -0.2) is 10.0 Å². The minimum atomic E-state index is -0.945. The highest BCUT2D eigenvalue weighted by Crippen LogP contribution is 2.40. The van der Waals surface area contributed by atoms with Gasteiger partial charge in [-0.1, -0.05) is 32.3 Å². The number of carbonyl (C=O) groups is 2. The molecule has 0 saturated heterocycles. The number of aryl methyl sites for hydroxylation is 1. The summed E-state index contributed by atoms with van der Waals surface area (Å²) in [5.74, 6) is 0.0943. The van der Waals surface area contributed by atoms with E-state index in [1.165, 1.54) is 0 Å². The predicted molar refractivity (Wildman–Crippen MR) is 103 cm³/mol. The summed E-state index contributed by atoms with van der Waals surface area (Å²) in [6.45, 7) is 4.10. The van der Waals surface area contributed by atoms with Gasteiger partial charge in [-0.05, 0) is 49.3 Å². The largest absolute Gasteiger partial charge is 0.285 e. The summed E-state index contributed by atoms with van der Waals surface area (Å²) in [5, 5.41) is 18.3. The highest BCUT2D eigenvalue weighted by Gasteiger charge is 2.41. The Labute approximate surface area is 163 Å². The highest BCUT2D eigenvalue weighted by molar-refractivity contribution is 5.84. The van der Waals surface area contributed by atoms with Gasteiger partial charge in [-0.15, -0.1) is 10.2 Å². The van der Waals surface area contributed by atoms with Crippen molar-refractivity contribution in [2.45, 2.75) is 52.0 Å². The van der Waals surface area contributed by atoms with Crippen molar-refractivity contribution in [3.63, 3.8) is 0 Å². The number of hydroxylamine groups is 2. The third-order valence-corrected chi connectivity index (χ3v) is 5.25. The van der Waals surface area contributed by atoms with Gasteiger partial charge in [0.1, 0.15) is 11.6 Å². The molecule has 2 amide bonds. The zero-order valence-corrected chi connectivity index (χ0v) is 16.1. The minimum absolute atomic E-state index is 0.0718. The van der Waals surface area contributed by atoms with Crippen LogP contribution < -0.4 is 10.9 Å². The van der Waals surface area contributed by atoms with E-state index >= 15 is 0 Å². The third-order valence-electron chi connectivity index (χ3n) is 5.25. The molecular formula is C19H26N6O3. The van der Waals surface area contributed by atoms with E-state index in [4.69, 9.17) is 0 Å². The van der Waals surface area contributed by atoms with Gasteiger partial charge in [0.2, 0.25) is 6.41 Å². The van der Waals surface area contributed by atoms with Gasteiger partial charge in [0, 0.05) is 0 Å². The van der Waals surface area contributed by atoms with Gasteiger partial charge < -0.3 is 0 Å². The quantitative estimate of drug-likeness (QED) is 0.343. The zero-order valence-electron chi connectivity index (χ0n) is 16.1. The molecule has 0 aliphatic heterocycles. The van der Waals surface area contributed by atoms with Crippen LogP contribution in [0.25, 0.3) is 11.0 Å². The van der Waals surface area contributed by atoms with Crippen molar-refractivity contribution in [1.29, 1.82) is 0 Å². The molecular weight excluding hydrogens is 360 g/mol. The topological polar surface area (TPSA) is 120 Å². The highest BCUT2D eigenvalue weighted by atomic mass is 16.5. The smallest absolute Gasteiger partial charge is 0.264 e. The summed E-state index contributed by atoms with van der Waals surface area (Å²) in [5.41, 5.74) is 7.45. The van der Waals surface area contributed by atoms with Crippen LogP contribution in [-0.2, 0) is 9.59 Å². The first-order valence-electron chi connectivity index (χ1n) is 9.61. The van der Waals surface area contributed by atoms with Crippen molar-refractivity contribution in [1.82, 2.24) is 25.7 Å². The molecule has 1 aliphatic carbocycles. The molecule has 1 heterocycles. The van der Waals surface area contributed by atoms with Crippen molar-refractivity contribution >= 4 is 29.3 Å². The summed E-state index contributed by atoms with van der Waals surface area (Å²) < 4.78 is 0. The second-order valence-electron chi connectivity index (χ2n) is 7.41. The van der Waals surface area contributed by atoms with E-state index in [0.717, 1.165) is 37.7 Å². The first-order chi connectivity index (χ1) is 13.5. The molecule has 1 atom stereocenters. The van der Waals surface area contributed by atoms with Crippen molar-refractivity contribution in [3.05, 3.63) is 23.8 Å². The standard InChI is InChI=1S/C19H26N6O3/c1-3-4-5-13-9-14(10-13)17(25(28)11-26)18(27)22-24-19-20-15-7-6-12(2)8-16(15)21-23-19/h6-8,11,13-14,17,28H,3-5,9-10H2,1-2H3,(H,22,27)(H,20,23,24). The van der Waals surface area contributed by atoms with E-state index in [2.05, 4.69) is 33.0 Å². The fraction of sp³-hybridized carbons (Fsp3) is 0.526. The third kappa shape index (κ3) is 4.53. The summed E-state index contributed by atoms with van der Waals surface area (Å²) in [6, 6.07) is 4.66. The first-order valence-corrected chi connectivity index (χ1v) is 9.61. The van der Waals surface area contributed by atoms with Gasteiger partial charge in [0.25, 0.3) is 11.9 Å². The first kappa shape index (κ1) is 19.9. The van der Waals surface area contributed by atoms with E-state index in [-0.39, 0.29) is 18.3 Å². The predicted octanol–water partition coefficient (Wildman–Crippen LogP) is 2.21. The number of aromatic nitrogens is 3. The van der Waals surface area contributed by atoms with Gasteiger partial charge in [-0.3, -0.25) is 25.6 Å². The Balaban J connectivity index is 1.61. The van der Waals surface area contributed by atoms with Crippen LogP contribution in [0.15, 0.2) is 18.2 Å². The molecule has 9 heteroatoms. The van der Waals surface area contributed by atoms with E-state index in [1.807, 2.05) is 25.1 Å². The van der Waals surface area contributed by atoms with E-state index < -0.39 is 11.9 Å². The lowest BCUT2D eigenvalue weighted by molar-refractivity contribution is -0.177. The molecule has 3 rings (SSSR count). The summed E-state index contributed by atoms with van der Waals surface area (Å²) in [4.78, 5) is 27.9. The molecule has 3 N–H and O–H groups in total. The Morgan fingerprint density at radius 2 is 2.14 bits per heavy atom. The van der Waals surface area contributed by atoms with Gasteiger partial charge in [0.05, 0.1) is 5.52 Å². The Morgan fingerprint density at radius 3 is 2.86 bits per heavy atom. The number of nitrogens with one attached hydrogen (secondary N) is 2. The number of fused-ring (bicyclic) bond motifs is 1. The van der Waals surface area contributed by atoms with E-state index in [1.54, 1.807) is 0 Å². The number of nitrogens with zero attached hydrogens (tertiary/aromatic N) is 4. The van der Waals surface area contributed by atoms with Crippen LogP contribution >= 0.6 is 0 Å². The van der Waals surface area contributed by atoms with Crippen LogP contribution in [0.3, 0.4) is 0 Å². The molecule has 0 radical (unpaired) electrons. The SMILES string of the molecule is CCCCC1CC(C(C(=O)NNc2nnc3cc(C)ccc3n2)N(O)C=O)C1. The number of rotatable bonds is 9. The summed E-state index contributed by atoms with van der Waals surface area (Å²) in [7, 11) is 0. The maximum absolute atomic E-state index is 12.6. The number of hydrogen-bond donors (Lipinski definition) is 3. The molecule has 1 aromatic carbocycles. The average Bonchev–Trinajstić information content (AvgIpc) is 2.67. The molecule has 1 aromatic heterocycles. The summed E-state index contributed by atoms with van der Waals surface area (Å²) in [6.07, 6.45) is 5.29. The molecule has 28 heavy (non-hydrogen) atoms. The van der Waals surface area contributed by atoms with Crippen LogP contribution in [-0.4, -0.2) is 43.8 Å². The number of hydrogen-bond acceptors (Lipinski definition) is 7. The summed E-state index contributed by atoms with van der Waals surface area (Å²) >= 11 is 0. The average molecular weight is 386 g/mol. The zero-order chi connectivity index (χ0) is 20.1. The second-order valence-corrected chi connectivity index (χ2v) is 7.41. The Kier molecular flexibility index (Phi) is 6.35. The van der Waals surface area contributed by atoms with Crippen LogP contribution in [0.2, 0.25) is 0 Å². The molecule has 1 fully saturated rings. The molecule has 1 unspecified atom stereocenters. The number of anilines is 1. The van der Waals surface area contributed by atoms with Crippen molar-refractivity contribution in [2.75, 3.05) is 5.43 Å². The van der Waals surface area contributed by atoms with Crippen molar-refractivity contribution < 1.29 is 14.8 Å². The van der Waals surface area contributed by atoms with Crippen molar-refractivity contribution in [2.24, 2.45) is 11.8 Å². The van der Waals surface area contributed by atoms with Gasteiger partial charge in [0.15, 0.2) is 0 Å². The molecule has 0 spiro atoms.